The number of hydrogen-bond donors (Lipinski definition) is 0. The molecule has 2 atom stereocenters. The quantitative estimate of drug-likeness (QED) is 0.409. The molecule has 0 N–H and O–H groups in total. The molecule has 8 heteroatoms. The Balaban J connectivity index is 1.61. The first kappa shape index (κ1) is 23.6. The summed E-state index contributed by atoms with van der Waals surface area (Å²) >= 11 is 7.65. The first-order valence-corrected chi connectivity index (χ1v) is 12.7. The van der Waals surface area contributed by atoms with Crippen molar-refractivity contribution in [3.8, 4) is 22.8 Å². The van der Waals surface area contributed by atoms with Gasteiger partial charge in [-0.05, 0) is 61.6 Å². The zero-order chi connectivity index (χ0) is 23.4. The summed E-state index contributed by atoms with van der Waals surface area (Å²) in [7, 11) is 0. The molecule has 1 saturated heterocycles. The molecule has 1 aliphatic heterocycles. The van der Waals surface area contributed by atoms with Crippen LogP contribution in [-0.2, 0) is 4.79 Å². The van der Waals surface area contributed by atoms with Crippen LogP contribution in [0.1, 0.15) is 27.2 Å². The molecule has 0 unspecified atom stereocenters. The van der Waals surface area contributed by atoms with Gasteiger partial charge in [-0.3, -0.25) is 9.36 Å². The summed E-state index contributed by atoms with van der Waals surface area (Å²) < 4.78 is 7.56. The Labute approximate surface area is 204 Å². The number of ether oxygens (including phenoxy) is 1. The lowest BCUT2D eigenvalue weighted by Crippen LogP contribution is -2.43. The minimum absolute atomic E-state index is 0.143. The van der Waals surface area contributed by atoms with Crippen molar-refractivity contribution in [3.63, 3.8) is 0 Å². The van der Waals surface area contributed by atoms with Crippen LogP contribution in [0.5, 0.6) is 5.75 Å². The van der Waals surface area contributed by atoms with E-state index in [1.54, 1.807) is 0 Å². The third kappa shape index (κ3) is 5.71. The average Bonchev–Trinajstić information content (AvgIpc) is 3.21. The summed E-state index contributed by atoms with van der Waals surface area (Å²) in [4.78, 5) is 14.9. The maximum atomic E-state index is 13.0. The summed E-state index contributed by atoms with van der Waals surface area (Å²) in [6.07, 6.45) is 1.17. The predicted octanol–water partition coefficient (Wildman–Crippen LogP) is 5.58. The topological polar surface area (TPSA) is 60.2 Å². The molecule has 4 rings (SSSR count). The second-order valence-corrected chi connectivity index (χ2v) is 9.99. The molecule has 33 heavy (non-hydrogen) atoms. The van der Waals surface area contributed by atoms with Crippen molar-refractivity contribution in [2.24, 2.45) is 11.8 Å². The van der Waals surface area contributed by atoms with Gasteiger partial charge in [0.25, 0.3) is 0 Å². The largest absolute Gasteiger partial charge is 0.494 e. The van der Waals surface area contributed by atoms with Crippen molar-refractivity contribution >= 4 is 29.3 Å². The fourth-order valence-corrected chi connectivity index (χ4v) is 5.40. The van der Waals surface area contributed by atoms with Crippen molar-refractivity contribution < 1.29 is 9.53 Å². The number of nitrogens with zero attached hydrogens (tertiary/aromatic N) is 4. The minimum Gasteiger partial charge on any atom is -0.494 e. The number of amides is 1. The molecule has 0 saturated carbocycles. The fraction of sp³-hybridized carbons (Fsp3) is 0.400. The van der Waals surface area contributed by atoms with Crippen LogP contribution in [0, 0.1) is 11.8 Å². The number of halogens is 1. The lowest BCUT2D eigenvalue weighted by molar-refractivity contribution is -0.130. The van der Waals surface area contributed by atoms with Crippen molar-refractivity contribution in [2.75, 3.05) is 25.4 Å². The van der Waals surface area contributed by atoms with Crippen LogP contribution in [-0.4, -0.2) is 51.0 Å². The highest BCUT2D eigenvalue weighted by Crippen LogP contribution is 2.30. The van der Waals surface area contributed by atoms with Gasteiger partial charge in [0.15, 0.2) is 11.0 Å². The highest BCUT2D eigenvalue weighted by atomic mass is 35.5. The third-order valence-electron chi connectivity index (χ3n) is 5.67. The maximum Gasteiger partial charge on any atom is 0.233 e. The van der Waals surface area contributed by atoms with Gasteiger partial charge < -0.3 is 9.64 Å². The van der Waals surface area contributed by atoms with Crippen molar-refractivity contribution in [1.82, 2.24) is 19.7 Å². The van der Waals surface area contributed by atoms with E-state index in [0.717, 1.165) is 30.1 Å². The van der Waals surface area contributed by atoms with E-state index in [1.165, 1.54) is 18.2 Å². The number of piperidine rings is 1. The van der Waals surface area contributed by atoms with Gasteiger partial charge in [0.2, 0.25) is 5.91 Å². The smallest absolute Gasteiger partial charge is 0.233 e. The van der Waals surface area contributed by atoms with Crippen LogP contribution < -0.4 is 4.74 Å². The van der Waals surface area contributed by atoms with Gasteiger partial charge in [0.1, 0.15) is 5.75 Å². The molecule has 2 heterocycles. The third-order valence-corrected chi connectivity index (χ3v) is 6.82. The van der Waals surface area contributed by atoms with Gasteiger partial charge in [-0.25, -0.2) is 0 Å². The molecule has 2 aromatic carbocycles. The van der Waals surface area contributed by atoms with Crippen molar-refractivity contribution in [3.05, 3.63) is 53.6 Å². The normalized spacial score (nSPS) is 18.4. The SMILES string of the molecule is CCOc1ccc(-n2c(SCC(=O)N3C[C@H](C)C[C@@H](C)C3)nnc2-c2cccc(Cl)c2)cc1. The molecule has 0 spiro atoms. The Morgan fingerprint density at radius 1 is 1.12 bits per heavy atom. The molecule has 1 fully saturated rings. The van der Waals surface area contributed by atoms with Crippen LogP contribution in [0.2, 0.25) is 5.02 Å². The first-order valence-electron chi connectivity index (χ1n) is 11.3. The molecule has 0 aliphatic carbocycles. The van der Waals surface area contributed by atoms with Crippen molar-refractivity contribution in [2.45, 2.75) is 32.3 Å². The molecule has 6 nitrogen and oxygen atoms in total. The molecule has 174 valence electrons. The van der Waals surface area contributed by atoms with Gasteiger partial charge >= 0.3 is 0 Å². The monoisotopic (exact) mass is 484 g/mol. The molecule has 1 amide bonds. The van der Waals surface area contributed by atoms with Crippen LogP contribution in [0.3, 0.4) is 0 Å². The Morgan fingerprint density at radius 2 is 1.85 bits per heavy atom. The highest BCUT2D eigenvalue weighted by Gasteiger charge is 2.26. The molecule has 1 aromatic heterocycles. The second kappa shape index (κ2) is 10.6. The summed E-state index contributed by atoms with van der Waals surface area (Å²) in [6, 6.07) is 15.4. The molecule has 1 aliphatic rings. The van der Waals surface area contributed by atoms with E-state index in [9.17, 15) is 4.79 Å². The molecule has 0 bridgehead atoms. The van der Waals surface area contributed by atoms with E-state index >= 15 is 0 Å². The van der Waals surface area contributed by atoms with Crippen LogP contribution in [0.25, 0.3) is 17.1 Å². The van der Waals surface area contributed by atoms with E-state index < -0.39 is 0 Å². The molecular formula is C25H29ClN4O2S. The first-order chi connectivity index (χ1) is 15.9. The van der Waals surface area contributed by atoms with E-state index in [1.807, 2.05) is 64.9 Å². The van der Waals surface area contributed by atoms with Crippen LogP contribution in [0.15, 0.2) is 53.7 Å². The number of rotatable bonds is 7. The van der Waals surface area contributed by atoms with Crippen LogP contribution >= 0.6 is 23.4 Å². The summed E-state index contributed by atoms with van der Waals surface area (Å²) in [6.45, 7) is 8.63. The number of hydrogen-bond acceptors (Lipinski definition) is 5. The van der Waals surface area contributed by atoms with E-state index in [-0.39, 0.29) is 5.91 Å². The Morgan fingerprint density at radius 3 is 2.52 bits per heavy atom. The zero-order valence-electron chi connectivity index (χ0n) is 19.2. The molecule has 3 aromatic rings. The number of thioether (sulfide) groups is 1. The summed E-state index contributed by atoms with van der Waals surface area (Å²) in [5, 5.41) is 10.2. The second-order valence-electron chi connectivity index (χ2n) is 8.61. The Kier molecular flexibility index (Phi) is 7.60. The van der Waals surface area contributed by atoms with Gasteiger partial charge in [-0.2, -0.15) is 0 Å². The molecule has 0 radical (unpaired) electrons. The van der Waals surface area contributed by atoms with E-state index in [4.69, 9.17) is 16.3 Å². The van der Waals surface area contributed by atoms with Gasteiger partial charge in [-0.15, -0.1) is 10.2 Å². The van der Waals surface area contributed by atoms with Gasteiger partial charge in [-0.1, -0.05) is 49.3 Å². The van der Waals surface area contributed by atoms with Crippen molar-refractivity contribution in [1.29, 1.82) is 0 Å². The van der Waals surface area contributed by atoms with E-state index in [2.05, 4.69) is 24.0 Å². The fourth-order valence-electron chi connectivity index (χ4n) is 4.35. The number of carbonyl (C=O) groups excluding carboxylic acids is 1. The lowest BCUT2D eigenvalue weighted by Gasteiger charge is -2.34. The Bertz CT molecular complexity index is 1090. The maximum absolute atomic E-state index is 13.0. The summed E-state index contributed by atoms with van der Waals surface area (Å²) in [5.41, 5.74) is 1.76. The average molecular weight is 485 g/mol. The standard InChI is InChI=1S/C25H29ClN4O2S/c1-4-32-22-10-8-21(9-11-22)30-24(19-6-5-7-20(26)13-19)27-28-25(30)33-16-23(31)29-14-17(2)12-18(3)15-29/h5-11,13,17-18H,4,12,14-16H2,1-3H3/t17-,18-/m1/s1. The zero-order valence-corrected chi connectivity index (χ0v) is 20.8. The number of benzene rings is 2. The Hall–Kier alpha value is -2.51. The summed E-state index contributed by atoms with van der Waals surface area (Å²) in [5.74, 6) is 3.01. The van der Waals surface area contributed by atoms with E-state index in [0.29, 0.717) is 40.2 Å². The number of aromatic nitrogens is 3. The highest BCUT2D eigenvalue weighted by molar-refractivity contribution is 7.99. The van der Waals surface area contributed by atoms with Gasteiger partial charge in [0.05, 0.1) is 12.4 Å². The number of likely N-dealkylation sites (tertiary alicyclic amines) is 1. The lowest BCUT2D eigenvalue weighted by atomic mass is 9.92. The van der Waals surface area contributed by atoms with Crippen LogP contribution in [0.4, 0.5) is 0 Å². The minimum atomic E-state index is 0.143. The molecular weight excluding hydrogens is 456 g/mol. The number of carbonyl (C=O) groups is 1. The van der Waals surface area contributed by atoms with Gasteiger partial charge in [0, 0.05) is 29.4 Å². The predicted molar refractivity (Wildman–Crippen MR) is 133 cm³/mol.